The van der Waals surface area contributed by atoms with Crippen molar-refractivity contribution in [3.8, 4) is 0 Å². The molecule has 7 heteroatoms. The number of likely N-dealkylation sites (tertiary alicyclic amines) is 1. The number of rotatable bonds is 5. The molecule has 0 aliphatic carbocycles. The van der Waals surface area contributed by atoms with E-state index in [0.29, 0.717) is 25.3 Å². The summed E-state index contributed by atoms with van der Waals surface area (Å²) in [4.78, 5) is 26.1. The summed E-state index contributed by atoms with van der Waals surface area (Å²) in [6, 6.07) is 9.22. The van der Waals surface area contributed by atoms with E-state index in [1.165, 1.54) is 6.08 Å². The Morgan fingerprint density at radius 2 is 2.24 bits per heavy atom. The molecule has 0 radical (unpaired) electrons. The van der Waals surface area contributed by atoms with E-state index in [2.05, 4.69) is 32.9 Å². The first kappa shape index (κ1) is 17.4. The first-order valence-electron chi connectivity index (χ1n) is 8.08. The van der Waals surface area contributed by atoms with Crippen molar-refractivity contribution in [2.75, 3.05) is 11.9 Å². The topological polar surface area (TPSA) is 67.2 Å². The van der Waals surface area contributed by atoms with Gasteiger partial charge in [0.25, 0.3) is 0 Å². The summed E-state index contributed by atoms with van der Waals surface area (Å²) >= 11 is 3.45. The Labute approximate surface area is 154 Å². The van der Waals surface area contributed by atoms with Gasteiger partial charge in [0.15, 0.2) is 0 Å². The standard InChI is InChI=1S/C18H19BrN4O2/c1-2-17(24)22-10-4-7-15(22)18(25)21-16-8-9-20-23(16)12-13-5-3-6-14(19)11-13/h2-3,5-6,8-9,11,15H,1,4,7,10,12H2,(H,21,25). The summed E-state index contributed by atoms with van der Waals surface area (Å²) in [5.41, 5.74) is 1.07. The lowest BCUT2D eigenvalue weighted by Gasteiger charge is -2.22. The number of halogens is 1. The summed E-state index contributed by atoms with van der Waals surface area (Å²) in [6.45, 7) is 4.63. The lowest BCUT2D eigenvalue weighted by Crippen LogP contribution is -2.42. The molecule has 1 aromatic heterocycles. The largest absolute Gasteiger partial charge is 0.327 e. The van der Waals surface area contributed by atoms with Gasteiger partial charge in [0.05, 0.1) is 12.7 Å². The van der Waals surface area contributed by atoms with Gasteiger partial charge >= 0.3 is 0 Å². The molecule has 1 aliphatic heterocycles. The van der Waals surface area contributed by atoms with Crippen LogP contribution in [0.15, 0.2) is 53.7 Å². The highest BCUT2D eigenvalue weighted by Crippen LogP contribution is 2.20. The van der Waals surface area contributed by atoms with E-state index in [9.17, 15) is 9.59 Å². The molecule has 6 nitrogen and oxygen atoms in total. The van der Waals surface area contributed by atoms with E-state index in [4.69, 9.17) is 0 Å². The molecule has 1 N–H and O–H groups in total. The molecule has 0 spiro atoms. The van der Waals surface area contributed by atoms with E-state index in [0.717, 1.165) is 16.5 Å². The van der Waals surface area contributed by atoms with Crippen LogP contribution < -0.4 is 5.32 Å². The Morgan fingerprint density at radius 3 is 3.00 bits per heavy atom. The predicted octanol–water partition coefficient (Wildman–Crippen LogP) is 2.81. The van der Waals surface area contributed by atoms with Crippen LogP contribution in [0, 0.1) is 0 Å². The van der Waals surface area contributed by atoms with Crippen LogP contribution in [0.4, 0.5) is 5.82 Å². The molecule has 2 heterocycles. The molecule has 1 atom stereocenters. The number of carbonyl (C=O) groups is 2. The third-order valence-electron chi connectivity index (χ3n) is 4.20. The van der Waals surface area contributed by atoms with Gasteiger partial charge in [0.1, 0.15) is 11.9 Å². The second kappa shape index (κ2) is 7.65. The average Bonchev–Trinajstić information content (AvgIpc) is 3.24. The number of hydrogen-bond donors (Lipinski definition) is 1. The van der Waals surface area contributed by atoms with Crippen LogP contribution in [0.2, 0.25) is 0 Å². The first-order chi connectivity index (χ1) is 12.1. The zero-order valence-electron chi connectivity index (χ0n) is 13.7. The number of hydrogen-bond acceptors (Lipinski definition) is 3. The lowest BCUT2D eigenvalue weighted by atomic mass is 10.2. The average molecular weight is 403 g/mol. The van der Waals surface area contributed by atoms with Crippen molar-refractivity contribution in [1.29, 1.82) is 0 Å². The number of nitrogens with one attached hydrogen (secondary N) is 1. The van der Waals surface area contributed by atoms with Gasteiger partial charge in [-0.2, -0.15) is 5.10 Å². The summed E-state index contributed by atoms with van der Waals surface area (Å²) < 4.78 is 2.72. The van der Waals surface area contributed by atoms with Crippen molar-refractivity contribution < 1.29 is 9.59 Å². The van der Waals surface area contributed by atoms with Crippen molar-refractivity contribution in [3.05, 3.63) is 59.2 Å². The summed E-state index contributed by atoms with van der Waals surface area (Å²) in [5.74, 6) is 0.215. The molecule has 0 saturated carbocycles. The van der Waals surface area contributed by atoms with E-state index >= 15 is 0 Å². The van der Waals surface area contributed by atoms with Gasteiger partial charge in [-0.25, -0.2) is 4.68 Å². The summed E-state index contributed by atoms with van der Waals surface area (Å²) in [5, 5.41) is 7.18. The summed E-state index contributed by atoms with van der Waals surface area (Å²) in [6.07, 6.45) is 4.37. The normalized spacial score (nSPS) is 16.7. The molecule has 2 amide bonds. The minimum Gasteiger partial charge on any atom is -0.327 e. The second-order valence-corrected chi connectivity index (χ2v) is 6.80. The molecular weight excluding hydrogens is 384 g/mol. The highest BCUT2D eigenvalue weighted by Gasteiger charge is 2.33. The fourth-order valence-electron chi connectivity index (χ4n) is 3.00. The molecule has 1 saturated heterocycles. The Morgan fingerprint density at radius 1 is 1.40 bits per heavy atom. The molecular formula is C18H19BrN4O2. The van der Waals surface area contributed by atoms with Gasteiger partial charge in [-0.15, -0.1) is 0 Å². The van der Waals surface area contributed by atoms with Gasteiger partial charge in [-0.3, -0.25) is 9.59 Å². The van der Waals surface area contributed by atoms with Crippen LogP contribution in [-0.4, -0.2) is 39.1 Å². The molecule has 2 aromatic rings. The number of carbonyl (C=O) groups excluding carboxylic acids is 2. The van der Waals surface area contributed by atoms with Gasteiger partial charge in [0, 0.05) is 17.1 Å². The monoisotopic (exact) mass is 402 g/mol. The first-order valence-corrected chi connectivity index (χ1v) is 8.88. The molecule has 0 bridgehead atoms. The van der Waals surface area contributed by atoms with Crippen molar-refractivity contribution >= 4 is 33.6 Å². The number of amides is 2. The highest BCUT2D eigenvalue weighted by atomic mass is 79.9. The lowest BCUT2D eigenvalue weighted by molar-refractivity contribution is -0.132. The fourth-order valence-corrected chi connectivity index (χ4v) is 3.45. The Bertz CT molecular complexity index is 802. The SMILES string of the molecule is C=CC(=O)N1CCCC1C(=O)Nc1ccnn1Cc1cccc(Br)c1. The number of benzene rings is 1. The fraction of sp³-hybridized carbons (Fsp3) is 0.278. The van der Waals surface area contributed by atoms with E-state index in [1.54, 1.807) is 21.8 Å². The molecule has 3 rings (SSSR count). The van der Waals surface area contributed by atoms with Crippen LogP contribution in [-0.2, 0) is 16.1 Å². The Kier molecular flexibility index (Phi) is 5.33. The zero-order valence-corrected chi connectivity index (χ0v) is 15.3. The number of nitrogens with zero attached hydrogens (tertiary/aromatic N) is 3. The minimum absolute atomic E-state index is 0.191. The molecule has 1 aliphatic rings. The third kappa shape index (κ3) is 3.99. The van der Waals surface area contributed by atoms with Crippen LogP contribution >= 0.6 is 15.9 Å². The number of anilines is 1. The summed E-state index contributed by atoms with van der Waals surface area (Å²) in [7, 11) is 0. The number of aromatic nitrogens is 2. The van der Waals surface area contributed by atoms with Crippen LogP contribution in [0.3, 0.4) is 0 Å². The van der Waals surface area contributed by atoms with E-state index < -0.39 is 6.04 Å². The van der Waals surface area contributed by atoms with Crippen molar-refractivity contribution in [1.82, 2.24) is 14.7 Å². The molecule has 130 valence electrons. The molecule has 1 unspecified atom stereocenters. The maximum absolute atomic E-state index is 12.6. The smallest absolute Gasteiger partial charge is 0.248 e. The van der Waals surface area contributed by atoms with Crippen LogP contribution in [0.5, 0.6) is 0 Å². The van der Waals surface area contributed by atoms with Crippen molar-refractivity contribution in [2.24, 2.45) is 0 Å². The molecule has 25 heavy (non-hydrogen) atoms. The second-order valence-electron chi connectivity index (χ2n) is 5.89. The van der Waals surface area contributed by atoms with Crippen LogP contribution in [0.25, 0.3) is 0 Å². The molecule has 1 fully saturated rings. The van der Waals surface area contributed by atoms with E-state index in [-0.39, 0.29) is 11.8 Å². The third-order valence-corrected chi connectivity index (χ3v) is 4.70. The van der Waals surface area contributed by atoms with Gasteiger partial charge < -0.3 is 10.2 Å². The quantitative estimate of drug-likeness (QED) is 0.781. The van der Waals surface area contributed by atoms with E-state index in [1.807, 2.05) is 24.3 Å². The van der Waals surface area contributed by atoms with Crippen molar-refractivity contribution in [3.63, 3.8) is 0 Å². The van der Waals surface area contributed by atoms with Crippen molar-refractivity contribution in [2.45, 2.75) is 25.4 Å². The minimum atomic E-state index is -0.459. The van der Waals surface area contributed by atoms with Crippen LogP contribution in [0.1, 0.15) is 18.4 Å². The predicted molar refractivity (Wildman–Crippen MR) is 99.0 cm³/mol. The maximum Gasteiger partial charge on any atom is 0.248 e. The van der Waals surface area contributed by atoms with Gasteiger partial charge in [0.2, 0.25) is 11.8 Å². The Balaban J connectivity index is 1.71. The highest BCUT2D eigenvalue weighted by molar-refractivity contribution is 9.10. The van der Waals surface area contributed by atoms with Gasteiger partial charge in [-0.05, 0) is 36.6 Å². The Hall–Kier alpha value is -2.41. The van der Waals surface area contributed by atoms with Gasteiger partial charge in [-0.1, -0.05) is 34.6 Å². The molecule has 1 aromatic carbocycles. The maximum atomic E-state index is 12.6. The zero-order chi connectivity index (χ0) is 17.8.